The molecule has 7 nitrogen and oxygen atoms in total. The minimum Gasteiger partial charge on any atom is -0.332 e. The van der Waals surface area contributed by atoms with Crippen molar-refractivity contribution < 1.29 is 9.18 Å². The highest BCUT2D eigenvalue weighted by atomic mass is 19.1. The molecule has 0 aliphatic heterocycles. The fourth-order valence-corrected chi connectivity index (χ4v) is 3.04. The number of nitriles is 1. The van der Waals surface area contributed by atoms with Crippen molar-refractivity contribution in [3.8, 4) is 6.07 Å². The third-order valence-electron chi connectivity index (χ3n) is 4.83. The maximum absolute atomic E-state index is 13.4. The molecule has 0 radical (unpaired) electrons. The van der Waals surface area contributed by atoms with Gasteiger partial charge < -0.3 is 15.5 Å². The van der Waals surface area contributed by atoms with Gasteiger partial charge in [-0.2, -0.15) is 5.26 Å². The Morgan fingerprint density at radius 3 is 2.83 bits per heavy atom. The molecule has 2 N–H and O–H groups in total. The van der Waals surface area contributed by atoms with Gasteiger partial charge in [0, 0.05) is 49.8 Å². The van der Waals surface area contributed by atoms with E-state index >= 15 is 0 Å². The van der Waals surface area contributed by atoms with E-state index < -0.39 is 0 Å². The summed E-state index contributed by atoms with van der Waals surface area (Å²) in [6.45, 7) is 3.12. The molecule has 0 atom stereocenters. The summed E-state index contributed by atoms with van der Waals surface area (Å²) in [5, 5.41) is 14.9. The number of nitrogens with zero attached hydrogens (tertiary/aromatic N) is 4. The third-order valence-corrected chi connectivity index (χ3v) is 4.83. The van der Waals surface area contributed by atoms with Gasteiger partial charge in [-0.15, -0.1) is 0 Å². The van der Waals surface area contributed by atoms with Crippen molar-refractivity contribution >= 4 is 11.7 Å². The average molecular weight is 394 g/mol. The zero-order valence-electron chi connectivity index (χ0n) is 16.2. The number of aromatic nitrogens is 2. The molecule has 2 aromatic rings. The van der Waals surface area contributed by atoms with E-state index in [4.69, 9.17) is 5.26 Å². The lowest BCUT2D eigenvalue weighted by molar-refractivity contribution is -0.120. The highest BCUT2D eigenvalue weighted by molar-refractivity contribution is 5.77. The van der Waals surface area contributed by atoms with Crippen LogP contribution in [0.25, 0.3) is 0 Å². The number of rotatable bonds is 9. The molecule has 0 saturated heterocycles. The quantitative estimate of drug-likeness (QED) is 0.679. The first-order valence-electron chi connectivity index (χ1n) is 9.51. The molecular weight excluding hydrogens is 371 g/mol. The Labute approximate surface area is 169 Å². The van der Waals surface area contributed by atoms with Gasteiger partial charge >= 0.3 is 0 Å². The molecule has 0 unspecified atom stereocenters. The first-order chi connectivity index (χ1) is 14.1. The zero-order valence-corrected chi connectivity index (χ0v) is 16.2. The Morgan fingerprint density at radius 2 is 2.21 bits per heavy atom. The van der Waals surface area contributed by atoms with Crippen LogP contribution < -0.4 is 15.5 Å². The predicted octanol–water partition coefficient (Wildman–Crippen LogP) is 2.57. The van der Waals surface area contributed by atoms with Gasteiger partial charge in [-0.1, -0.05) is 0 Å². The van der Waals surface area contributed by atoms with Crippen LogP contribution in [0.3, 0.4) is 0 Å². The van der Waals surface area contributed by atoms with Gasteiger partial charge in [0.25, 0.3) is 0 Å². The van der Waals surface area contributed by atoms with E-state index in [0.29, 0.717) is 30.9 Å². The summed E-state index contributed by atoms with van der Waals surface area (Å²) in [5.41, 5.74) is 1.06. The number of carbonyl (C=O) groups is 1. The van der Waals surface area contributed by atoms with E-state index in [2.05, 4.69) is 20.6 Å². The summed E-state index contributed by atoms with van der Waals surface area (Å²) < 4.78 is 13.4. The molecule has 1 fully saturated rings. The molecule has 0 spiro atoms. The largest absolute Gasteiger partial charge is 0.332 e. The van der Waals surface area contributed by atoms with Crippen LogP contribution in [0, 0.1) is 17.1 Å². The standard InChI is InChI=1S/C21H23FN6O/c1-2-28(19-4-3-16(12-23)13-26-19)10-9-25-20(29)5-8-27-21(6-7-21)17-11-18(22)15-24-14-17/h3-4,9-11,13-15,27H,2,5-8H2,1H3,(H,25,29)/b10-9+. The Hall–Kier alpha value is -3.31. The molecule has 0 bridgehead atoms. The third kappa shape index (κ3) is 5.36. The molecule has 8 heteroatoms. The fraction of sp³-hybridized carbons (Fsp3) is 0.333. The van der Waals surface area contributed by atoms with Gasteiger partial charge in [0.15, 0.2) is 0 Å². The minimum atomic E-state index is -0.351. The lowest BCUT2D eigenvalue weighted by atomic mass is 10.1. The summed E-state index contributed by atoms with van der Waals surface area (Å²) in [5.74, 6) is 0.222. The van der Waals surface area contributed by atoms with Crippen LogP contribution in [0.1, 0.15) is 37.3 Å². The molecule has 2 heterocycles. The van der Waals surface area contributed by atoms with E-state index in [0.717, 1.165) is 18.4 Å². The Morgan fingerprint density at radius 1 is 1.38 bits per heavy atom. The van der Waals surface area contributed by atoms with Crippen molar-refractivity contribution in [1.29, 1.82) is 5.26 Å². The van der Waals surface area contributed by atoms with Crippen molar-refractivity contribution in [2.45, 2.75) is 31.7 Å². The zero-order chi connectivity index (χ0) is 20.7. The van der Waals surface area contributed by atoms with E-state index in [9.17, 15) is 9.18 Å². The van der Waals surface area contributed by atoms with Gasteiger partial charge in [-0.3, -0.25) is 9.78 Å². The van der Waals surface area contributed by atoms with E-state index in [1.54, 1.807) is 30.7 Å². The first-order valence-corrected chi connectivity index (χ1v) is 9.51. The number of amides is 1. The molecule has 1 amide bonds. The Balaban J connectivity index is 1.45. The predicted molar refractivity (Wildman–Crippen MR) is 107 cm³/mol. The van der Waals surface area contributed by atoms with Crippen LogP contribution in [-0.4, -0.2) is 29.0 Å². The van der Waals surface area contributed by atoms with Gasteiger partial charge in [-0.05, 0) is 43.5 Å². The van der Waals surface area contributed by atoms with Gasteiger partial charge in [0.2, 0.25) is 5.91 Å². The van der Waals surface area contributed by atoms with Crippen LogP contribution in [-0.2, 0) is 10.3 Å². The second-order valence-corrected chi connectivity index (χ2v) is 6.84. The van der Waals surface area contributed by atoms with Crippen molar-refractivity contribution in [3.63, 3.8) is 0 Å². The molecule has 29 heavy (non-hydrogen) atoms. The second-order valence-electron chi connectivity index (χ2n) is 6.84. The number of hydrogen-bond donors (Lipinski definition) is 2. The number of anilines is 1. The van der Waals surface area contributed by atoms with E-state index in [-0.39, 0.29) is 17.3 Å². The first kappa shape index (κ1) is 20.4. The molecule has 3 rings (SSSR count). The van der Waals surface area contributed by atoms with Crippen LogP contribution >= 0.6 is 0 Å². The number of carbonyl (C=O) groups excluding carboxylic acids is 1. The topological polar surface area (TPSA) is 93.9 Å². The normalized spacial score (nSPS) is 14.4. The lowest BCUT2D eigenvalue weighted by Gasteiger charge is -2.18. The summed E-state index contributed by atoms with van der Waals surface area (Å²) in [7, 11) is 0. The minimum absolute atomic E-state index is 0.120. The molecule has 150 valence electrons. The van der Waals surface area contributed by atoms with Gasteiger partial charge in [0.05, 0.1) is 11.8 Å². The van der Waals surface area contributed by atoms with Crippen molar-refractivity contribution in [2.24, 2.45) is 0 Å². The monoisotopic (exact) mass is 394 g/mol. The molecular formula is C21H23FN6O. The van der Waals surface area contributed by atoms with Gasteiger partial charge in [0.1, 0.15) is 17.7 Å². The van der Waals surface area contributed by atoms with E-state index in [1.165, 1.54) is 18.5 Å². The number of pyridine rings is 2. The van der Waals surface area contributed by atoms with Crippen LogP contribution in [0.2, 0.25) is 0 Å². The smallest absolute Gasteiger partial charge is 0.225 e. The summed E-state index contributed by atoms with van der Waals surface area (Å²) in [6.07, 6.45) is 9.80. The van der Waals surface area contributed by atoms with Crippen LogP contribution in [0.5, 0.6) is 0 Å². The van der Waals surface area contributed by atoms with Crippen molar-refractivity contribution in [1.82, 2.24) is 20.6 Å². The van der Waals surface area contributed by atoms with E-state index in [1.807, 2.05) is 17.9 Å². The van der Waals surface area contributed by atoms with Crippen LogP contribution in [0.15, 0.2) is 49.2 Å². The fourth-order valence-electron chi connectivity index (χ4n) is 3.04. The number of nitrogens with one attached hydrogen (secondary N) is 2. The molecule has 1 saturated carbocycles. The maximum Gasteiger partial charge on any atom is 0.225 e. The molecule has 1 aliphatic rings. The second kappa shape index (κ2) is 9.26. The highest BCUT2D eigenvalue weighted by Crippen LogP contribution is 2.45. The van der Waals surface area contributed by atoms with Gasteiger partial charge in [-0.25, -0.2) is 9.37 Å². The molecule has 2 aromatic heterocycles. The number of hydrogen-bond acceptors (Lipinski definition) is 6. The summed E-state index contributed by atoms with van der Waals surface area (Å²) in [4.78, 5) is 22.1. The SMILES string of the molecule is CCN(/C=C/NC(=O)CCNC1(c2cncc(F)c2)CC1)c1ccc(C#N)cn1. The summed E-state index contributed by atoms with van der Waals surface area (Å²) >= 11 is 0. The Kier molecular flexibility index (Phi) is 6.52. The Bertz CT molecular complexity index is 918. The highest BCUT2D eigenvalue weighted by Gasteiger charge is 2.44. The van der Waals surface area contributed by atoms with Crippen LogP contribution in [0.4, 0.5) is 10.2 Å². The summed E-state index contributed by atoms with van der Waals surface area (Å²) in [6, 6.07) is 6.98. The van der Waals surface area contributed by atoms with Crippen molar-refractivity contribution in [3.05, 3.63) is 66.1 Å². The number of halogens is 1. The average Bonchev–Trinajstić information content (AvgIpc) is 3.52. The van der Waals surface area contributed by atoms with Crippen molar-refractivity contribution in [2.75, 3.05) is 18.0 Å². The maximum atomic E-state index is 13.4. The molecule has 1 aliphatic carbocycles. The lowest BCUT2D eigenvalue weighted by Crippen LogP contribution is -2.33. The molecule has 0 aromatic carbocycles.